The van der Waals surface area contributed by atoms with Crippen LogP contribution in [0.3, 0.4) is 0 Å². The lowest BCUT2D eigenvalue weighted by atomic mass is 9.79. The predicted molar refractivity (Wildman–Crippen MR) is 101 cm³/mol. The van der Waals surface area contributed by atoms with Gasteiger partial charge in [0.2, 0.25) is 5.91 Å². The number of benzene rings is 1. The first-order valence-electron chi connectivity index (χ1n) is 8.63. The van der Waals surface area contributed by atoms with Crippen molar-refractivity contribution < 1.29 is 9.53 Å². The zero-order valence-corrected chi connectivity index (χ0v) is 15.6. The number of amides is 1. The van der Waals surface area contributed by atoms with Crippen LogP contribution in [0.5, 0.6) is 0 Å². The molecule has 1 amide bonds. The van der Waals surface area contributed by atoms with Gasteiger partial charge in [-0.05, 0) is 32.3 Å². The summed E-state index contributed by atoms with van der Waals surface area (Å²) >= 11 is 1.55. The molecule has 1 aliphatic rings. The van der Waals surface area contributed by atoms with Gasteiger partial charge in [-0.25, -0.2) is 4.98 Å². The molecule has 1 aromatic carbocycles. The van der Waals surface area contributed by atoms with E-state index in [4.69, 9.17) is 10.5 Å². The molecule has 0 radical (unpaired) electrons. The molecule has 1 saturated heterocycles. The smallest absolute Gasteiger partial charge is 0.233 e. The van der Waals surface area contributed by atoms with Crippen molar-refractivity contribution in [3.8, 4) is 0 Å². The van der Waals surface area contributed by atoms with Gasteiger partial charge < -0.3 is 15.8 Å². The molecule has 0 spiro atoms. The molecule has 1 fully saturated rings. The first-order chi connectivity index (χ1) is 12.0. The molecule has 1 aromatic heterocycles. The van der Waals surface area contributed by atoms with Gasteiger partial charge in [0.15, 0.2) is 5.13 Å². The number of nitrogens with zero attached hydrogens (tertiary/aromatic N) is 1. The lowest BCUT2D eigenvalue weighted by molar-refractivity contribution is -0.130. The summed E-state index contributed by atoms with van der Waals surface area (Å²) in [5.74, 6) is -0.0332. The number of aromatic nitrogens is 1. The second-order valence-electron chi connectivity index (χ2n) is 6.74. The highest BCUT2D eigenvalue weighted by Crippen LogP contribution is 2.32. The Labute approximate surface area is 152 Å². The number of aryl methyl sites for hydroxylation is 2. The zero-order chi connectivity index (χ0) is 17.9. The maximum atomic E-state index is 12.8. The second-order valence-corrected chi connectivity index (χ2v) is 7.83. The maximum Gasteiger partial charge on any atom is 0.233 e. The van der Waals surface area contributed by atoms with Crippen molar-refractivity contribution in [1.29, 1.82) is 0 Å². The maximum absolute atomic E-state index is 12.8. The summed E-state index contributed by atoms with van der Waals surface area (Å²) in [7, 11) is 0. The molecule has 0 bridgehead atoms. The number of hydrogen-bond acceptors (Lipinski definition) is 5. The predicted octanol–water partition coefficient (Wildman–Crippen LogP) is 3.04. The Balaban J connectivity index is 1.72. The highest BCUT2D eigenvalue weighted by Gasteiger charge is 2.39. The molecule has 25 heavy (non-hydrogen) atoms. The molecule has 3 N–H and O–H groups in total. The van der Waals surface area contributed by atoms with Crippen molar-refractivity contribution in [2.75, 3.05) is 25.1 Å². The van der Waals surface area contributed by atoms with E-state index < -0.39 is 5.41 Å². The van der Waals surface area contributed by atoms with Crippen LogP contribution in [0.4, 0.5) is 5.13 Å². The third-order valence-corrected chi connectivity index (χ3v) is 5.96. The van der Waals surface area contributed by atoms with E-state index in [1.807, 2.05) is 6.92 Å². The standard InChI is InChI=1S/C19H25N3O2S/c1-13-4-3-5-15(10-13)11-16-14(2)21-18(25-16)22-17(23)19(12-20)6-8-24-9-7-19/h3-5,10H,6-9,11-12,20H2,1-2H3,(H,21,22,23). The number of thiazole rings is 1. The Morgan fingerprint density at radius 1 is 1.36 bits per heavy atom. The largest absolute Gasteiger partial charge is 0.381 e. The summed E-state index contributed by atoms with van der Waals surface area (Å²) in [5.41, 5.74) is 8.85. The Kier molecular flexibility index (Phi) is 5.51. The molecule has 0 saturated carbocycles. The van der Waals surface area contributed by atoms with Crippen LogP contribution in [0, 0.1) is 19.3 Å². The molecule has 2 aromatic rings. The zero-order valence-electron chi connectivity index (χ0n) is 14.8. The third kappa shape index (κ3) is 4.08. The van der Waals surface area contributed by atoms with Gasteiger partial charge in [-0.1, -0.05) is 29.8 Å². The SMILES string of the molecule is Cc1cccc(Cc2sc(NC(=O)C3(CN)CCOCC3)nc2C)c1. The lowest BCUT2D eigenvalue weighted by Gasteiger charge is -2.34. The summed E-state index contributed by atoms with van der Waals surface area (Å²) in [4.78, 5) is 18.5. The van der Waals surface area contributed by atoms with E-state index in [2.05, 4.69) is 41.5 Å². The Morgan fingerprint density at radius 2 is 2.12 bits per heavy atom. The number of hydrogen-bond donors (Lipinski definition) is 2. The minimum atomic E-state index is -0.533. The van der Waals surface area contributed by atoms with Crippen molar-refractivity contribution in [2.24, 2.45) is 11.1 Å². The molecular weight excluding hydrogens is 334 g/mol. The summed E-state index contributed by atoms with van der Waals surface area (Å²) in [6.07, 6.45) is 2.16. The van der Waals surface area contributed by atoms with Crippen LogP contribution >= 0.6 is 11.3 Å². The minimum Gasteiger partial charge on any atom is -0.381 e. The van der Waals surface area contributed by atoms with Gasteiger partial charge in [0, 0.05) is 31.1 Å². The summed E-state index contributed by atoms with van der Waals surface area (Å²) in [6, 6.07) is 8.47. The van der Waals surface area contributed by atoms with Crippen molar-refractivity contribution in [2.45, 2.75) is 33.1 Å². The van der Waals surface area contributed by atoms with Gasteiger partial charge in [0.25, 0.3) is 0 Å². The topological polar surface area (TPSA) is 77.2 Å². The van der Waals surface area contributed by atoms with Gasteiger partial charge in [-0.3, -0.25) is 4.79 Å². The fraction of sp³-hybridized carbons (Fsp3) is 0.474. The van der Waals surface area contributed by atoms with Gasteiger partial charge in [-0.2, -0.15) is 0 Å². The van der Waals surface area contributed by atoms with E-state index in [0.717, 1.165) is 12.1 Å². The number of carbonyl (C=O) groups is 1. The Hall–Kier alpha value is -1.76. The van der Waals surface area contributed by atoms with E-state index >= 15 is 0 Å². The van der Waals surface area contributed by atoms with Gasteiger partial charge in [-0.15, -0.1) is 11.3 Å². The normalized spacial score (nSPS) is 16.6. The van der Waals surface area contributed by atoms with E-state index in [0.29, 0.717) is 37.7 Å². The number of carbonyl (C=O) groups excluding carboxylic acids is 1. The molecule has 1 aliphatic heterocycles. The highest BCUT2D eigenvalue weighted by molar-refractivity contribution is 7.15. The summed E-state index contributed by atoms with van der Waals surface area (Å²) < 4.78 is 5.38. The Bertz CT molecular complexity index is 751. The van der Waals surface area contributed by atoms with Gasteiger partial charge in [0.1, 0.15) is 0 Å². The average Bonchev–Trinajstić information content (AvgIpc) is 2.94. The monoisotopic (exact) mass is 359 g/mol. The number of anilines is 1. The fourth-order valence-electron chi connectivity index (χ4n) is 3.17. The van der Waals surface area contributed by atoms with Crippen LogP contribution in [0.1, 0.15) is 34.5 Å². The number of rotatable bonds is 5. The molecule has 134 valence electrons. The van der Waals surface area contributed by atoms with E-state index in [9.17, 15) is 4.79 Å². The molecule has 3 rings (SSSR count). The fourth-order valence-corrected chi connectivity index (χ4v) is 4.16. The summed E-state index contributed by atoms with van der Waals surface area (Å²) in [5, 5.41) is 3.65. The van der Waals surface area contributed by atoms with E-state index in [1.165, 1.54) is 16.0 Å². The van der Waals surface area contributed by atoms with Gasteiger partial charge in [0.05, 0.1) is 11.1 Å². The average molecular weight is 359 g/mol. The van der Waals surface area contributed by atoms with Crippen molar-refractivity contribution in [3.05, 3.63) is 46.0 Å². The quantitative estimate of drug-likeness (QED) is 0.860. The van der Waals surface area contributed by atoms with Crippen LogP contribution < -0.4 is 11.1 Å². The third-order valence-electron chi connectivity index (χ3n) is 4.88. The summed E-state index contributed by atoms with van der Waals surface area (Å²) in [6.45, 7) is 5.59. The van der Waals surface area contributed by atoms with Crippen LogP contribution in [0.2, 0.25) is 0 Å². The first kappa shape index (κ1) is 18.0. The van der Waals surface area contributed by atoms with Crippen LogP contribution in [-0.4, -0.2) is 30.6 Å². The van der Waals surface area contributed by atoms with Crippen LogP contribution in [-0.2, 0) is 16.0 Å². The van der Waals surface area contributed by atoms with Crippen molar-refractivity contribution in [1.82, 2.24) is 4.98 Å². The highest BCUT2D eigenvalue weighted by atomic mass is 32.1. The minimum absolute atomic E-state index is 0.0332. The van der Waals surface area contributed by atoms with Crippen LogP contribution in [0.15, 0.2) is 24.3 Å². The van der Waals surface area contributed by atoms with Crippen molar-refractivity contribution in [3.63, 3.8) is 0 Å². The molecule has 0 atom stereocenters. The van der Waals surface area contributed by atoms with Crippen LogP contribution in [0.25, 0.3) is 0 Å². The number of nitrogens with one attached hydrogen (secondary N) is 1. The first-order valence-corrected chi connectivity index (χ1v) is 9.45. The second kappa shape index (κ2) is 7.64. The number of nitrogens with two attached hydrogens (primary N) is 1. The molecule has 0 unspecified atom stereocenters. The van der Waals surface area contributed by atoms with Gasteiger partial charge >= 0.3 is 0 Å². The molecule has 0 aliphatic carbocycles. The Morgan fingerprint density at radius 3 is 2.80 bits per heavy atom. The van der Waals surface area contributed by atoms with Crippen molar-refractivity contribution >= 4 is 22.4 Å². The number of ether oxygens (including phenoxy) is 1. The molecule has 2 heterocycles. The van der Waals surface area contributed by atoms with E-state index in [-0.39, 0.29) is 5.91 Å². The molecular formula is C19H25N3O2S. The van der Waals surface area contributed by atoms with E-state index in [1.54, 1.807) is 11.3 Å². The molecule has 5 nitrogen and oxygen atoms in total. The molecule has 6 heteroatoms. The lowest BCUT2D eigenvalue weighted by Crippen LogP contribution is -2.46.